The van der Waals surface area contributed by atoms with Crippen LogP contribution in [0.3, 0.4) is 0 Å². The molecule has 0 aliphatic rings. The quantitative estimate of drug-likeness (QED) is 0.571. The first-order valence-electron chi connectivity index (χ1n) is 4.93. The lowest BCUT2D eigenvalue weighted by Gasteiger charge is -2.33. The summed E-state index contributed by atoms with van der Waals surface area (Å²) in [6, 6.07) is 0.449. The Morgan fingerprint density at radius 3 is 2.17 bits per heavy atom. The van der Waals surface area contributed by atoms with Crippen molar-refractivity contribution in [1.29, 1.82) is 0 Å². The lowest BCUT2D eigenvalue weighted by molar-refractivity contribution is 0.196. The average molecular weight is 169 g/mol. The lowest BCUT2D eigenvalue weighted by Crippen LogP contribution is -2.28. The Balaban J connectivity index is 4.26. The largest absolute Gasteiger partial charge is 0.294 e. The van der Waals surface area contributed by atoms with Gasteiger partial charge in [0, 0.05) is 6.04 Å². The molecule has 72 valence electrons. The van der Waals surface area contributed by atoms with E-state index in [0.717, 1.165) is 0 Å². The Hall–Kier alpha value is -0.330. The molecule has 12 heavy (non-hydrogen) atoms. The maximum atomic E-state index is 4.41. The molecule has 0 N–H and O–H groups in total. The fourth-order valence-corrected chi connectivity index (χ4v) is 1.34. The van der Waals surface area contributed by atoms with E-state index in [1.54, 1.807) is 0 Å². The number of nitrogens with zero attached hydrogens (tertiary/aromatic N) is 1. The first-order valence-corrected chi connectivity index (χ1v) is 4.93. The number of hydrogen-bond donors (Lipinski definition) is 0. The Labute approximate surface area is 77.3 Å². The van der Waals surface area contributed by atoms with Crippen molar-refractivity contribution in [3.05, 3.63) is 0 Å². The van der Waals surface area contributed by atoms with Crippen LogP contribution >= 0.6 is 0 Å². The van der Waals surface area contributed by atoms with Crippen LogP contribution in [0.5, 0.6) is 0 Å². The number of rotatable bonds is 4. The molecule has 0 rings (SSSR count). The van der Waals surface area contributed by atoms with Gasteiger partial charge in [0.1, 0.15) is 0 Å². The monoisotopic (exact) mass is 169 g/mol. The van der Waals surface area contributed by atoms with Crippen LogP contribution in [0.4, 0.5) is 0 Å². The van der Waals surface area contributed by atoms with Gasteiger partial charge in [-0.15, -0.1) is 0 Å². The molecule has 0 heterocycles. The molecule has 0 aliphatic carbocycles. The van der Waals surface area contributed by atoms with Crippen LogP contribution in [0, 0.1) is 11.3 Å². The van der Waals surface area contributed by atoms with Crippen molar-refractivity contribution in [2.24, 2.45) is 16.3 Å². The fraction of sp³-hybridized carbons (Fsp3) is 0.909. The molecule has 0 aromatic heterocycles. The Kier molecular flexibility index (Phi) is 4.51. The third-order valence-corrected chi connectivity index (χ3v) is 3.25. The third-order valence-electron chi connectivity index (χ3n) is 3.25. The normalized spacial score (nSPS) is 18.2. The number of hydrogen-bond acceptors (Lipinski definition) is 1. The predicted octanol–water partition coefficient (Wildman–Crippen LogP) is 3.54. The molecule has 0 bridgehead atoms. The van der Waals surface area contributed by atoms with E-state index in [9.17, 15) is 0 Å². The molecule has 0 aromatic carbocycles. The van der Waals surface area contributed by atoms with Gasteiger partial charge in [0.2, 0.25) is 0 Å². The minimum absolute atomic E-state index is 0.409. The van der Waals surface area contributed by atoms with E-state index in [4.69, 9.17) is 0 Å². The second-order valence-electron chi connectivity index (χ2n) is 4.28. The molecule has 1 nitrogen and oxygen atoms in total. The maximum absolute atomic E-state index is 4.41. The van der Waals surface area contributed by atoms with Gasteiger partial charge in [0.15, 0.2) is 0 Å². The summed E-state index contributed by atoms with van der Waals surface area (Å²) in [6.45, 7) is 13.4. The zero-order valence-corrected chi connectivity index (χ0v) is 9.39. The first-order chi connectivity index (χ1) is 5.45. The smallest absolute Gasteiger partial charge is 0.0498 e. The minimum atomic E-state index is 0.409. The van der Waals surface area contributed by atoms with Gasteiger partial charge in [-0.25, -0.2) is 0 Å². The molecule has 0 fully saturated rings. The van der Waals surface area contributed by atoms with E-state index in [-0.39, 0.29) is 0 Å². The Bertz CT molecular complexity index is 147. The summed E-state index contributed by atoms with van der Waals surface area (Å²) >= 11 is 0. The molecule has 0 saturated heterocycles. The fourth-order valence-electron chi connectivity index (χ4n) is 1.34. The molecule has 2 unspecified atom stereocenters. The van der Waals surface area contributed by atoms with Gasteiger partial charge in [-0.05, 0) is 31.4 Å². The van der Waals surface area contributed by atoms with Crippen molar-refractivity contribution in [3.8, 4) is 0 Å². The summed E-state index contributed by atoms with van der Waals surface area (Å²) < 4.78 is 0. The summed E-state index contributed by atoms with van der Waals surface area (Å²) in [5, 5.41) is 0. The molecule has 0 spiro atoms. The van der Waals surface area contributed by atoms with Crippen LogP contribution < -0.4 is 0 Å². The van der Waals surface area contributed by atoms with Gasteiger partial charge in [-0.1, -0.05) is 34.1 Å². The first kappa shape index (κ1) is 11.7. The summed E-state index contributed by atoms with van der Waals surface area (Å²) in [4.78, 5) is 4.41. The highest BCUT2D eigenvalue weighted by molar-refractivity contribution is 5.53. The molecule has 1 heteroatoms. The predicted molar refractivity (Wildman–Crippen MR) is 56.9 cm³/mol. The van der Waals surface area contributed by atoms with Crippen molar-refractivity contribution < 1.29 is 0 Å². The standard InChI is InChI=1S/C11H23N/c1-7-11(5,6)9(3)10(4)12-8-2/h8-10H,7H2,1-6H3. The van der Waals surface area contributed by atoms with Crippen LogP contribution in [-0.4, -0.2) is 12.3 Å². The molecule has 0 aromatic rings. The van der Waals surface area contributed by atoms with Crippen LogP contribution in [0.25, 0.3) is 0 Å². The molecule has 2 atom stereocenters. The zero-order valence-electron chi connectivity index (χ0n) is 9.39. The van der Waals surface area contributed by atoms with E-state index >= 15 is 0 Å². The van der Waals surface area contributed by atoms with Crippen LogP contribution in [0.2, 0.25) is 0 Å². The van der Waals surface area contributed by atoms with E-state index in [2.05, 4.69) is 39.6 Å². The number of aliphatic imine (C=N–C) groups is 1. The second-order valence-corrected chi connectivity index (χ2v) is 4.28. The topological polar surface area (TPSA) is 12.4 Å². The van der Waals surface area contributed by atoms with E-state index in [0.29, 0.717) is 17.4 Å². The molecule has 0 radical (unpaired) electrons. The van der Waals surface area contributed by atoms with E-state index in [1.165, 1.54) is 6.42 Å². The Morgan fingerprint density at radius 2 is 1.83 bits per heavy atom. The van der Waals surface area contributed by atoms with Crippen molar-refractivity contribution in [2.75, 3.05) is 0 Å². The summed E-state index contributed by atoms with van der Waals surface area (Å²) in [7, 11) is 0. The summed E-state index contributed by atoms with van der Waals surface area (Å²) in [6.07, 6.45) is 3.13. The van der Waals surface area contributed by atoms with Gasteiger partial charge in [-0.2, -0.15) is 0 Å². The van der Waals surface area contributed by atoms with Crippen LogP contribution in [0.15, 0.2) is 4.99 Å². The average Bonchev–Trinajstić information content (AvgIpc) is 2.03. The molecule has 0 aliphatic heterocycles. The molecule has 0 amide bonds. The maximum Gasteiger partial charge on any atom is 0.0498 e. The van der Waals surface area contributed by atoms with Crippen molar-refractivity contribution in [3.63, 3.8) is 0 Å². The van der Waals surface area contributed by atoms with Crippen molar-refractivity contribution in [1.82, 2.24) is 0 Å². The van der Waals surface area contributed by atoms with E-state index in [1.807, 2.05) is 13.1 Å². The highest BCUT2D eigenvalue weighted by atomic mass is 14.8. The zero-order chi connectivity index (χ0) is 9.78. The van der Waals surface area contributed by atoms with Gasteiger partial charge in [0.05, 0.1) is 0 Å². The molecular formula is C11H23N. The molecular weight excluding hydrogens is 146 g/mol. The van der Waals surface area contributed by atoms with Crippen molar-refractivity contribution >= 4 is 6.21 Å². The van der Waals surface area contributed by atoms with E-state index < -0.39 is 0 Å². The molecule has 0 saturated carbocycles. The second kappa shape index (κ2) is 4.64. The van der Waals surface area contributed by atoms with Gasteiger partial charge >= 0.3 is 0 Å². The summed E-state index contributed by atoms with van der Waals surface area (Å²) in [5.41, 5.74) is 0.409. The highest BCUT2D eigenvalue weighted by Crippen LogP contribution is 2.33. The Morgan fingerprint density at radius 1 is 1.33 bits per heavy atom. The van der Waals surface area contributed by atoms with Crippen LogP contribution in [0.1, 0.15) is 48.0 Å². The van der Waals surface area contributed by atoms with Gasteiger partial charge < -0.3 is 0 Å². The SMILES string of the molecule is CC=NC(C)C(C)C(C)(C)CC. The van der Waals surface area contributed by atoms with Crippen molar-refractivity contribution in [2.45, 2.75) is 54.0 Å². The highest BCUT2D eigenvalue weighted by Gasteiger charge is 2.27. The third kappa shape index (κ3) is 2.96. The van der Waals surface area contributed by atoms with Crippen LogP contribution in [-0.2, 0) is 0 Å². The minimum Gasteiger partial charge on any atom is -0.294 e. The van der Waals surface area contributed by atoms with Gasteiger partial charge in [0.25, 0.3) is 0 Å². The summed E-state index contributed by atoms with van der Waals surface area (Å²) in [5.74, 6) is 0.652. The van der Waals surface area contributed by atoms with Gasteiger partial charge in [-0.3, -0.25) is 4.99 Å². The lowest BCUT2D eigenvalue weighted by atomic mass is 9.74.